The van der Waals surface area contributed by atoms with Gasteiger partial charge in [-0.1, -0.05) is 41.9 Å². The summed E-state index contributed by atoms with van der Waals surface area (Å²) < 4.78 is 5.91. The largest absolute Gasteiger partial charge is 0.472 e. The van der Waals surface area contributed by atoms with Gasteiger partial charge in [-0.05, 0) is 21.5 Å². The zero-order chi connectivity index (χ0) is 13.8. The summed E-state index contributed by atoms with van der Waals surface area (Å²) in [6.45, 7) is 0.340. The van der Waals surface area contributed by atoms with E-state index < -0.39 is 5.91 Å². The van der Waals surface area contributed by atoms with E-state index in [9.17, 15) is 4.79 Å². The summed E-state index contributed by atoms with van der Waals surface area (Å²) >= 11 is 9.10. The fraction of sp³-hybridized carbons (Fsp3) is 0.0769. The van der Waals surface area contributed by atoms with Gasteiger partial charge in [-0.2, -0.15) is 0 Å². The van der Waals surface area contributed by atoms with Crippen LogP contribution < -0.4 is 10.5 Å². The fourth-order valence-corrected chi connectivity index (χ4v) is 2.48. The van der Waals surface area contributed by atoms with Crippen molar-refractivity contribution >= 4 is 33.4 Å². The van der Waals surface area contributed by atoms with E-state index in [4.69, 9.17) is 22.1 Å². The molecule has 2 N–H and O–H groups in total. The third kappa shape index (κ3) is 3.24. The number of halogens is 2. The molecular formula is C13H10BrClN2O2. The van der Waals surface area contributed by atoms with E-state index in [0.29, 0.717) is 11.1 Å². The van der Waals surface area contributed by atoms with Crippen LogP contribution in [0.2, 0.25) is 5.02 Å². The van der Waals surface area contributed by atoms with Crippen LogP contribution in [0.4, 0.5) is 0 Å². The number of primary amides is 1. The number of pyridine rings is 1. The number of amides is 1. The molecule has 19 heavy (non-hydrogen) atoms. The van der Waals surface area contributed by atoms with Crippen molar-refractivity contribution in [2.24, 2.45) is 5.73 Å². The molecule has 2 aromatic rings. The van der Waals surface area contributed by atoms with Crippen LogP contribution in [-0.4, -0.2) is 10.9 Å². The van der Waals surface area contributed by atoms with E-state index in [2.05, 4.69) is 20.9 Å². The number of nitrogens with two attached hydrogens (primary N) is 1. The second-order valence-electron chi connectivity index (χ2n) is 3.74. The van der Waals surface area contributed by atoms with Crippen LogP contribution in [0.5, 0.6) is 5.88 Å². The molecule has 0 atom stereocenters. The summed E-state index contributed by atoms with van der Waals surface area (Å²) in [5.41, 5.74) is 6.41. The maximum absolute atomic E-state index is 11.3. The van der Waals surface area contributed by atoms with Gasteiger partial charge in [0.25, 0.3) is 5.91 Å². The van der Waals surface area contributed by atoms with Crippen LogP contribution in [0, 0.1) is 0 Å². The van der Waals surface area contributed by atoms with E-state index in [1.165, 1.54) is 6.20 Å². The topological polar surface area (TPSA) is 65.2 Å². The van der Waals surface area contributed by atoms with Crippen LogP contribution in [0.15, 0.2) is 41.0 Å². The number of carbonyl (C=O) groups excluding carboxylic acids is 1. The molecule has 0 radical (unpaired) electrons. The van der Waals surface area contributed by atoms with Crippen LogP contribution in [0.3, 0.4) is 0 Å². The number of ether oxygens (including phenoxy) is 1. The Kier molecular flexibility index (Phi) is 4.39. The Morgan fingerprint density at radius 3 is 2.68 bits per heavy atom. The molecule has 0 aliphatic carbocycles. The SMILES string of the molecule is NC(=O)c1c(Cl)cnc(OCc2ccccc2)c1Br. The molecule has 0 spiro atoms. The van der Waals surface area contributed by atoms with Gasteiger partial charge in [-0.3, -0.25) is 4.79 Å². The van der Waals surface area contributed by atoms with Gasteiger partial charge in [0.15, 0.2) is 0 Å². The molecule has 0 saturated carbocycles. The predicted octanol–water partition coefficient (Wildman–Crippen LogP) is 3.18. The number of nitrogens with zero attached hydrogens (tertiary/aromatic N) is 1. The minimum absolute atomic E-state index is 0.166. The molecule has 1 aromatic heterocycles. The van der Waals surface area contributed by atoms with Crippen molar-refractivity contribution in [2.45, 2.75) is 6.61 Å². The van der Waals surface area contributed by atoms with Gasteiger partial charge < -0.3 is 10.5 Å². The van der Waals surface area contributed by atoms with Gasteiger partial charge in [-0.25, -0.2) is 4.98 Å². The lowest BCUT2D eigenvalue weighted by Gasteiger charge is -2.10. The molecule has 1 amide bonds. The fourth-order valence-electron chi connectivity index (χ4n) is 1.50. The van der Waals surface area contributed by atoms with Crippen molar-refractivity contribution < 1.29 is 9.53 Å². The molecule has 1 heterocycles. The Bertz CT molecular complexity index is 605. The van der Waals surface area contributed by atoms with Crippen molar-refractivity contribution in [3.05, 3.63) is 57.2 Å². The summed E-state index contributed by atoms with van der Waals surface area (Å²) in [5.74, 6) is -0.356. The first-order valence-electron chi connectivity index (χ1n) is 5.40. The second kappa shape index (κ2) is 6.04. The first-order chi connectivity index (χ1) is 9.09. The van der Waals surface area contributed by atoms with Crippen LogP contribution in [0.25, 0.3) is 0 Å². The molecule has 4 nitrogen and oxygen atoms in total. The summed E-state index contributed by atoms with van der Waals surface area (Å²) in [6, 6.07) is 9.61. The number of benzene rings is 1. The summed E-state index contributed by atoms with van der Waals surface area (Å²) in [7, 11) is 0. The Morgan fingerprint density at radius 2 is 2.05 bits per heavy atom. The molecule has 0 aliphatic rings. The average molecular weight is 342 g/mol. The normalized spacial score (nSPS) is 10.2. The lowest BCUT2D eigenvalue weighted by Crippen LogP contribution is -2.13. The molecule has 6 heteroatoms. The highest BCUT2D eigenvalue weighted by Crippen LogP contribution is 2.31. The van der Waals surface area contributed by atoms with E-state index in [1.54, 1.807) is 0 Å². The zero-order valence-corrected chi connectivity index (χ0v) is 12.1. The summed E-state index contributed by atoms with van der Waals surface area (Å²) in [6.07, 6.45) is 1.34. The minimum Gasteiger partial charge on any atom is -0.472 e. The maximum atomic E-state index is 11.3. The number of rotatable bonds is 4. The van der Waals surface area contributed by atoms with Crippen molar-refractivity contribution in [1.82, 2.24) is 4.98 Å². The first-order valence-corrected chi connectivity index (χ1v) is 6.57. The zero-order valence-electron chi connectivity index (χ0n) is 9.77. The second-order valence-corrected chi connectivity index (χ2v) is 4.94. The molecule has 0 aliphatic heterocycles. The monoisotopic (exact) mass is 340 g/mol. The van der Waals surface area contributed by atoms with Crippen LogP contribution in [-0.2, 0) is 6.61 Å². The molecule has 1 aromatic carbocycles. The molecule has 0 fully saturated rings. The number of hydrogen-bond acceptors (Lipinski definition) is 3. The summed E-state index contributed by atoms with van der Waals surface area (Å²) in [4.78, 5) is 15.3. The number of carbonyl (C=O) groups is 1. The first kappa shape index (κ1) is 13.8. The molecule has 0 unspecified atom stereocenters. The highest BCUT2D eigenvalue weighted by molar-refractivity contribution is 9.10. The molecular weight excluding hydrogens is 332 g/mol. The smallest absolute Gasteiger partial charge is 0.251 e. The van der Waals surface area contributed by atoms with Gasteiger partial charge >= 0.3 is 0 Å². The highest BCUT2D eigenvalue weighted by atomic mass is 79.9. The lowest BCUT2D eigenvalue weighted by atomic mass is 10.2. The van der Waals surface area contributed by atoms with E-state index in [1.807, 2.05) is 30.3 Å². The van der Waals surface area contributed by atoms with Crippen molar-refractivity contribution in [1.29, 1.82) is 0 Å². The lowest BCUT2D eigenvalue weighted by molar-refractivity contribution is 0.0999. The Hall–Kier alpha value is -1.59. The highest BCUT2D eigenvalue weighted by Gasteiger charge is 2.17. The van der Waals surface area contributed by atoms with Crippen LogP contribution in [0.1, 0.15) is 15.9 Å². The molecule has 2 rings (SSSR count). The minimum atomic E-state index is -0.635. The Balaban J connectivity index is 2.22. The summed E-state index contributed by atoms with van der Waals surface area (Å²) in [5, 5.41) is 0.187. The molecule has 0 bridgehead atoms. The van der Waals surface area contributed by atoms with Gasteiger partial charge in [0.2, 0.25) is 5.88 Å². The van der Waals surface area contributed by atoms with Crippen molar-refractivity contribution in [2.75, 3.05) is 0 Å². The van der Waals surface area contributed by atoms with E-state index in [0.717, 1.165) is 5.56 Å². The third-order valence-corrected chi connectivity index (χ3v) is 3.43. The third-order valence-electron chi connectivity index (χ3n) is 2.41. The van der Waals surface area contributed by atoms with Gasteiger partial charge in [0, 0.05) is 0 Å². The van der Waals surface area contributed by atoms with Crippen molar-refractivity contribution in [3.8, 4) is 5.88 Å². The van der Waals surface area contributed by atoms with Gasteiger partial charge in [-0.15, -0.1) is 0 Å². The standard InChI is InChI=1S/C13H10BrClN2O2/c14-11-10(12(16)18)9(15)6-17-13(11)19-7-8-4-2-1-3-5-8/h1-6H,7H2,(H2,16,18). The average Bonchev–Trinajstić information content (AvgIpc) is 2.38. The van der Waals surface area contributed by atoms with Gasteiger partial charge in [0.05, 0.1) is 21.3 Å². The maximum Gasteiger partial charge on any atom is 0.251 e. The van der Waals surface area contributed by atoms with Crippen molar-refractivity contribution in [3.63, 3.8) is 0 Å². The van der Waals surface area contributed by atoms with Gasteiger partial charge in [0.1, 0.15) is 6.61 Å². The Morgan fingerprint density at radius 1 is 1.37 bits per heavy atom. The molecule has 0 saturated heterocycles. The van der Waals surface area contributed by atoms with E-state index >= 15 is 0 Å². The van der Waals surface area contributed by atoms with E-state index in [-0.39, 0.29) is 16.5 Å². The molecule has 98 valence electrons. The van der Waals surface area contributed by atoms with Crippen LogP contribution >= 0.6 is 27.5 Å². The Labute approximate surface area is 123 Å². The number of aromatic nitrogens is 1. The predicted molar refractivity (Wildman–Crippen MR) is 76.2 cm³/mol. The number of hydrogen-bond donors (Lipinski definition) is 1. The quantitative estimate of drug-likeness (QED) is 0.929.